The first-order valence-corrected chi connectivity index (χ1v) is 10.4. The van der Waals surface area contributed by atoms with Crippen molar-refractivity contribution in [1.82, 2.24) is 29.5 Å². The topological polar surface area (TPSA) is 93.0 Å². The Morgan fingerprint density at radius 3 is 2.87 bits per heavy atom. The molecule has 9 nitrogen and oxygen atoms in total. The molecule has 3 aromatic heterocycles. The van der Waals surface area contributed by atoms with E-state index in [-0.39, 0.29) is 5.92 Å². The van der Waals surface area contributed by atoms with Crippen LogP contribution in [-0.2, 0) is 18.2 Å². The van der Waals surface area contributed by atoms with E-state index in [0.717, 1.165) is 65.8 Å². The van der Waals surface area contributed by atoms with E-state index in [2.05, 4.69) is 14.7 Å². The minimum atomic E-state index is 0.269. The summed E-state index contributed by atoms with van der Waals surface area (Å²) in [5.74, 6) is 2.25. The first-order chi connectivity index (χ1) is 15.2. The average Bonchev–Trinajstić information content (AvgIpc) is 3.51. The second kappa shape index (κ2) is 7.05. The molecule has 0 radical (unpaired) electrons. The lowest BCUT2D eigenvalue weighted by Gasteiger charge is -2.18. The number of ether oxygens (including phenoxy) is 2. The Bertz CT molecular complexity index is 1260. The molecule has 1 aromatic carbocycles. The highest BCUT2D eigenvalue weighted by molar-refractivity contribution is 5.77. The highest BCUT2D eigenvalue weighted by Gasteiger charge is 2.29. The van der Waals surface area contributed by atoms with Gasteiger partial charge in [-0.2, -0.15) is 10.1 Å². The summed E-state index contributed by atoms with van der Waals surface area (Å²) in [5, 5.41) is 8.98. The van der Waals surface area contributed by atoms with Crippen molar-refractivity contribution in [3.63, 3.8) is 0 Å². The zero-order valence-electron chi connectivity index (χ0n) is 17.4. The van der Waals surface area contributed by atoms with Crippen molar-refractivity contribution in [2.24, 2.45) is 7.05 Å². The summed E-state index contributed by atoms with van der Waals surface area (Å²) < 4.78 is 20.5. The largest absolute Gasteiger partial charge is 0.497 e. The van der Waals surface area contributed by atoms with E-state index in [1.165, 1.54) is 0 Å². The average molecular weight is 418 g/mol. The number of aromatic nitrogens is 6. The van der Waals surface area contributed by atoms with Crippen LogP contribution in [0.2, 0.25) is 0 Å². The van der Waals surface area contributed by atoms with E-state index < -0.39 is 0 Å². The molecule has 0 bridgehead atoms. The van der Waals surface area contributed by atoms with E-state index in [4.69, 9.17) is 24.1 Å². The van der Waals surface area contributed by atoms with Crippen LogP contribution in [0.5, 0.6) is 5.75 Å². The summed E-state index contributed by atoms with van der Waals surface area (Å²) in [6.45, 7) is 1.47. The molecule has 0 amide bonds. The summed E-state index contributed by atoms with van der Waals surface area (Å²) in [6, 6.07) is 6.01. The molecular weight excluding hydrogens is 396 g/mol. The van der Waals surface area contributed by atoms with Crippen molar-refractivity contribution in [1.29, 1.82) is 0 Å². The van der Waals surface area contributed by atoms with Gasteiger partial charge in [0.25, 0.3) is 5.89 Å². The molecule has 0 spiro atoms. The predicted octanol–water partition coefficient (Wildman–Crippen LogP) is 3.13. The number of methoxy groups -OCH3 is 1. The number of nitrogens with zero attached hydrogens (tertiary/aromatic N) is 6. The van der Waals surface area contributed by atoms with Gasteiger partial charge in [-0.05, 0) is 31.0 Å². The predicted molar refractivity (Wildman–Crippen MR) is 111 cm³/mol. The van der Waals surface area contributed by atoms with Crippen molar-refractivity contribution in [2.45, 2.75) is 25.2 Å². The van der Waals surface area contributed by atoms with Crippen molar-refractivity contribution >= 4 is 0 Å². The van der Waals surface area contributed by atoms with Crippen molar-refractivity contribution in [3.8, 4) is 34.3 Å². The fourth-order valence-corrected chi connectivity index (χ4v) is 4.50. The smallest absolute Gasteiger partial charge is 0.278 e. The van der Waals surface area contributed by atoms with Gasteiger partial charge in [0.2, 0.25) is 0 Å². The van der Waals surface area contributed by atoms with E-state index in [0.29, 0.717) is 18.0 Å². The maximum absolute atomic E-state index is 5.67. The van der Waals surface area contributed by atoms with Crippen LogP contribution < -0.4 is 4.74 Å². The summed E-state index contributed by atoms with van der Waals surface area (Å²) >= 11 is 0. The van der Waals surface area contributed by atoms with Gasteiger partial charge in [-0.15, -0.1) is 0 Å². The Morgan fingerprint density at radius 2 is 2.03 bits per heavy atom. The third-order valence-corrected chi connectivity index (χ3v) is 6.08. The quantitative estimate of drug-likeness (QED) is 0.444. The van der Waals surface area contributed by atoms with E-state index in [9.17, 15) is 0 Å². The van der Waals surface area contributed by atoms with Crippen LogP contribution in [-0.4, -0.2) is 49.8 Å². The van der Waals surface area contributed by atoms with Gasteiger partial charge < -0.3 is 18.6 Å². The van der Waals surface area contributed by atoms with Gasteiger partial charge in [0, 0.05) is 49.9 Å². The molecule has 2 aliphatic rings. The van der Waals surface area contributed by atoms with Crippen LogP contribution in [0.25, 0.3) is 28.5 Å². The number of fused-ring (bicyclic) bond motifs is 5. The second-order valence-corrected chi connectivity index (χ2v) is 7.99. The lowest BCUT2D eigenvalue weighted by molar-refractivity contribution is 0.0830. The Balaban J connectivity index is 1.48. The Hall–Kier alpha value is -3.46. The molecule has 0 atom stereocenters. The number of hydrogen-bond donors (Lipinski definition) is 0. The maximum Gasteiger partial charge on any atom is 0.278 e. The molecule has 0 N–H and O–H groups in total. The number of aryl methyl sites for hydroxylation is 1. The van der Waals surface area contributed by atoms with Gasteiger partial charge in [0.1, 0.15) is 12.1 Å². The highest BCUT2D eigenvalue weighted by atomic mass is 16.5. The Kier molecular flexibility index (Phi) is 4.17. The van der Waals surface area contributed by atoms with Gasteiger partial charge >= 0.3 is 0 Å². The minimum absolute atomic E-state index is 0.269. The van der Waals surface area contributed by atoms with Crippen LogP contribution in [0, 0.1) is 0 Å². The molecule has 5 heterocycles. The number of imidazole rings is 1. The van der Waals surface area contributed by atoms with Crippen LogP contribution in [0.15, 0.2) is 35.2 Å². The minimum Gasteiger partial charge on any atom is -0.497 e. The summed E-state index contributed by atoms with van der Waals surface area (Å²) in [6.07, 6.45) is 6.35. The third kappa shape index (κ3) is 2.96. The lowest BCUT2D eigenvalue weighted by Crippen LogP contribution is -2.15. The number of benzene rings is 1. The zero-order chi connectivity index (χ0) is 20.9. The maximum atomic E-state index is 5.67. The van der Waals surface area contributed by atoms with Gasteiger partial charge in [-0.25, -0.2) is 4.98 Å². The molecule has 1 fully saturated rings. The van der Waals surface area contributed by atoms with Crippen LogP contribution in [0.3, 0.4) is 0 Å². The molecule has 9 heteroatoms. The monoisotopic (exact) mass is 418 g/mol. The van der Waals surface area contributed by atoms with Gasteiger partial charge in [0.05, 0.1) is 24.2 Å². The molecule has 4 aromatic rings. The molecule has 158 valence electrons. The van der Waals surface area contributed by atoms with E-state index in [1.54, 1.807) is 7.11 Å². The van der Waals surface area contributed by atoms with Crippen LogP contribution >= 0.6 is 0 Å². The SMILES string of the molecule is COc1ccc2c(c1)-c1nn(C)cc1Cc1c(-c3nc(C4CCOCC4)no3)ncn1-2. The van der Waals surface area contributed by atoms with Crippen LogP contribution in [0.1, 0.15) is 35.8 Å². The van der Waals surface area contributed by atoms with Crippen molar-refractivity contribution in [3.05, 3.63) is 47.8 Å². The van der Waals surface area contributed by atoms with Crippen molar-refractivity contribution in [2.75, 3.05) is 20.3 Å². The Labute approximate surface area is 178 Å². The second-order valence-electron chi connectivity index (χ2n) is 7.99. The normalized spacial score (nSPS) is 15.8. The lowest BCUT2D eigenvalue weighted by atomic mass is 10.00. The molecule has 6 rings (SSSR count). The number of rotatable bonds is 3. The Morgan fingerprint density at radius 1 is 1.16 bits per heavy atom. The zero-order valence-corrected chi connectivity index (χ0v) is 17.4. The molecule has 31 heavy (non-hydrogen) atoms. The molecule has 0 saturated carbocycles. The highest BCUT2D eigenvalue weighted by Crippen LogP contribution is 2.39. The molecular formula is C22H22N6O3. The molecule has 0 unspecified atom stereocenters. The first kappa shape index (κ1) is 18.3. The van der Waals surface area contributed by atoms with Crippen LogP contribution in [0.4, 0.5) is 0 Å². The standard InChI is InChI=1S/C22H22N6O3/c1-27-11-14-9-18-20(22-24-21(26-31-22)13-5-7-30-8-6-13)23-12-28(18)17-4-3-15(29-2)10-16(17)19(14)25-27/h3-4,10-13H,5-9H2,1-2H3. The fraction of sp³-hybridized carbons (Fsp3) is 0.364. The van der Waals surface area contributed by atoms with Gasteiger partial charge in [0.15, 0.2) is 11.5 Å². The number of hydrogen-bond acceptors (Lipinski definition) is 7. The molecule has 0 aliphatic carbocycles. The molecule has 2 aliphatic heterocycles. The van der Waals surface area contributed by atoms with Gasteiger partial charge in [-0.3, -0.25) is 4.68 Å². The van der Waals surface area contributed by atoms with E-state index >= 15 is 0 Å². The summed E-state index contributed by atoms with van der Waals surface area (Å²) in [7, 11) is 3.61. The summed E-state index contributed by atoms with van der Waals surface area (Å²) in [5.41, 5.74) is 5.77. The van der Waals surface area contributed by atoms with Gasteiger partial charge in [-0.1, -0.05) is 5.16 Å². The fourth-order valence-electron chi connectivity index (χ4n) is 4.50. The van der Waals surface area contributed by atoms with E-state index in [1.807, 2.05) is 42.5 Å². The van der Waals surface area contributed by atoms with Crippen molar-refractivity contribution < 1.29 is 14.0 Å². The summed E-state index contributed by atoms with van der Waals surface area (Å²) in [4.78, 5) is 9.38. The molecule has 1 saturated heterocycles. The third-order valence-electron chi connectivity index (χ3n) is 6.08. The first-order valence-electron chi connectivity index (χ1n) is 10.4.